The molecule has 11 heteroatoms. The molecule has 0 saturated carbocycles. The molecule has 2 N–H and O–H groups in total. The van der Waals surface area contributed by atoms with E-state index >= 15 is 0 Å². The molecule has 2 rings (SSSR count). The number of aryl methyl sites for hydroxylation is 1. The zero-order chi connectivity index (χ0) is 22.5. The Balaban J connectivity index is 0.00000480. The molecular formula is C19H21F4NO5S. The topological polar surface area (TPSA) is 92.7 Å². The van der Waals surface area contributed by atoms with Crippen molar-refractivity contribution in [3.63, 3.8) is 0 Å². The number of carboxylic acids is 1. The van der Waals surface area contributed by atoms with Crippen molar-refractivity contribution in [2.75, 3.05) is 13.2 Å². The molecule has 30 heavy (non-hydrogen) atoms. The Morgan fingerprint density at radius 3 is 2.40 bits per heavy atom. The van der Waals surface area contributed by atoms with Gasteiger partial charge in [-0.1, -0.05) is 18.2 Å². The molecule has 0 aliphatic carbocycles. The van der Waals surface area contributed by atoms with E-state index in [1.165, 1.54) is 36.4 Å². The first-order valence-electron chi connectivity index (χ1n) is 8.64. The van der Waals surface area contributed by atoms with Crippen molar-refractivity contribution in [3.05, 3.63) is 59.2 Å². The van der Waals surface area contributed by atoms with Crippen LogP contribution in [-0.2, 0) is 16.4 Å². The molecule has 0 fully saturated rings. The van der Waals surface area contributed by atoms with Gasteiger partial charge >= 0.3 is 18.3 Å². The molecule has 0 atom stereocenters. The van der Waals surface area contributed by atoms with Crippen LogP contribution in [0.4, 0.5) is 17.6 Å². The lowest BCUT2D eigenvalue weighted by Gasteiger charge is -2.16. The summed E-state index contributed by atoms with van der Waals surface area (Å²) in [5, 5.41) is 9.11. The van der Waals surface area contributed by atoms with E-state index in [1.54, 1.807) is 6.92 Å². The molecule has 0 aliphatic rings. The van der Waals surface area contributed by atoms with Gasteiger partial charge in [0.05, 0.1) is 10.5 Å². The molecule has 2 aromatic carbocycles. The largest absolute Gasteiger partial charge is 0.487 e. The van der Waals surface area contributed by atoms with Crippen molar-refractivity contribution in [1.29, 1.82) is 0 Å². The minimum atomic E-state index is -4.26. The number of alkyl halides is 4. The Bertz CT molecular complexity index is 1000. The molecule has 2 aromatic rings. The lowest BCUT2D eigenvalue weighted by molar-refractivity contribution is -0.148. The number of hydrogen-bond acceptors (Lipinski definition) is 4. The van der Waals surface area contributed by atoms with E-state index in [4.69, 9.17) is 5.11 Å². The molecule has 0 aromatic heterocycles. The fourth-order valence-electron chi connectivity index (χ4n) is 2.41. The van der Waals surface area contributed by atoms with E-state index in [9.17, 15) is 30.8 Å². The molecule has 0 unspecified atom stereocenters. The predicted octanol–water partition coefficient (Wildman–Crippen LogP) is 3.74. The molecule has 166 valence electrons. The lowest BCUT2D eigenvalue weighted by atomic mass is 10.1. The van der Waals surface area contributed by atoms with Crippen molar-refractivity contribution in [3.8, 4) is 5.75 Å². The van der Waals surface area contributed by atoms with Gasteiger partial charge in [0.2, 0.25) is 10.0 Å². The second kappa shape index (κ2) is 9.43. The summed E-state index contributed by atoms with van der Waals surface area (Å²) in [7, 11) is -3.94. The number of hydrogen-bond donors (Lipinski definition) is 2. The standard InChI is InChI=1S/C19H19F4NO5S.H2/c1-12-2-7-15(10-16(12)17(25)26)30(27,28)24-9-8-13-3-5-14(6-4-13)29-11-19(22,23)18(20)21;/h2-7,10,18,24H,8-9,11H2,1H3,(H,25,26);1H. The number of nitrogens with one attached hydrogen (secondary N) is 1. The summed E-state index contributed by atoms with van der Waals surface area (Å²) in [5.41, 5.74) is 0.946. The van der Waals surface area contributed by atoms with Crippen LogP contribution in [0.25, 0.3) is 0 Å². The van der Waals surface area contributed by atoms with Crippen LogP contribution in [0.3, 0.4) is 0 Å². The number of rotatable bonds is 10. The number of aromatic carboxylic acids is 1. The van der Waals surface area contributed by atoms with Crippen molar-refractivity contribution in [1.82, 2.24) is 4.72 Å². The smallest absolute Gasteiger partial charge is 0.340 e. The molecule has 0 saturated heterocycles. The summed E-state index contributed by atoms with van der Waals surface area (Å²) in [6, 6.07) is 9.35. The van der Waals surface area contributed by atoms with Crippen LogP contribution in [0.2, 0.25) is 0 Å². The van der Waals surface area contributed by atoms with E-state index in [-0.39, 0.29) is 30.6 Å². The second-order valence-electron chi connectivity index (χ2n) is 6.42. The van der Waals surface area contributed by atoms with Gasteiger partial charge in [-0.15, -0.1) is 0 Å². The monoisotopic (exact) mass is 451 g/mol. The summed E-state index contributed by atoms with van der Waals surface area (Å²) < 4.78 is 81.6. The molecular weight excluding hydrogens is 430 g/mol. The van der Waals surface area contributed by atoms with Crippen LogP contribution >= 0.6 is 0 Å². The van der Waals surface area contributed by atoms with Gasteiger partial charge in [0.1, 0.15) is 5.75 Å². The van der Waals surface area contributed by atoms with Gasteiger partial charge in [0.15, 0.2) is 6.61 Å². The van der Waals surface area contributed by atoms with E-state index in [1.807, 2.05) is 0 Å². The number of halogens is 4. The van der Waals surface area contributed by atoms with Gasteiger partial charge in [0, 0.05) is 7.97 Å². The molecule has 0 bridgehead atoms. The predicted molar refractivity (Wildman–Crippen MR) is 102 cm³/mol. The number of sulfonamides is 1. The third-order valence-corrected chi connectivity index (χ3v) is 5.59. The van der Waals surface area contributed by atoms with Crippen molar-refractivity contribution >= 4 is 16.0 Å². The van der Waals surface area contributed by atoms with E-state index < -0.39 is 34.9 Å². The van der Waals surface area contributed by atoms with Crippen LogP contribution in [0.15, 0.2) is 47.4 Å². The molecule has 0 heterocycles. The fourth-order valence-corrected chi connectivity index (χ4v) is 3.46. The van der Waals surface area contributed by atoms with Crippen LogP contribution in [-0.4, -0.2) is 45.0 Å². The molecule has 0 aliphatic heterocycles. The number of carbonyl (C=O) groups is 1. The molecule has 0 spiro atoms. The highest BCUT2D eigenvalue weighted by molar-refractivity contribution is 7.89. The Kier molecular flexibility index (Phi) is 7.43. The van der Waals surface area contributed by atoms with Crippen LogP contribution < -0.4 is 9.46 Å². The van der Waals surface area contributed by atoms with Crippen molar-refractivity contribution < 1.29 is 42.0 Å². The maximum atomic E-state index is 12.8. The summed E-state index contributed by atoms with van der Waals surface area (Å²) in [4.78, 5) is 11.0. The maximum Gasteiger partial charge on any atom is 0.340 e. The molecule has 6 nitrogen and oxygen atoms in total. The van der Waals surface area contributed by atoms with Gasteiger partial charge < -0.3 is 9.84 Å². The number of ether oxygens (including phenoxy) is 1. The maximum absolute atomic E-state index is 12.8. The molecule has 0 amide bonds. The quantitative estimate of drug-likeness (QED) is 0.537. The Morgan fingerprint density at radius 2 is 1.83 bits per heavy atom. The van der Waals surface area contributed by atoms with Gasteiger partial charge in [-0.25, -0.2) is 26.7 Å². The van der Waals surface area contributed by atoms with Crippen molar-refractivity contribution in [2.24, 2.45) is 0 Å². The normalized spacial score (nSPS) is 12.2. The first kappa shape index (κ1) is 23.6. The SMILES string of the molecule is Cc1ccc(S(=O)(=O)NCCc2ccc(OCC(F)(F)C(F)F)cc2)cc1C(=O)O.[HH]. The second-order valence-corrected chi connectivity index (χ2v) is 8.19. The van der Waals surface area contributed by atoms with Gasteiger partial charge in [0.25, 0.3) is 0 Å². The number of benzene rings is 2. The third-order valence-electron chi connectivity index (χ3n) is 4.13. The summed E-state index contributed by atoms with van der Waals surface area (Å²) >= 11 is 0. The molecule has 0 radical (unpaired) electrons. The summed E-state index contributed by atoms with van der Waals surface area (Å²) in [6.07, 6.45) is -3.59. The van der Waals surface area contributed by atoms with Gasteiger partial charge in [-0.2, -0.15) is 8.78 Å². The van der Waals surface area contributed by atoms with Gasteiger partial charge in [-0.3, -0.25) is 0 Å². The average molecular weight is 451 g/mol. The first-order chi connectivity index (χ1) is 13.9. The minimum Gasteiger partial charge on any atom is -0.487 e. The lowest BCUT2D eigenvalue weighted by Crippen LogP contribution is -2.33. The zero-order valence-corrected chi connectivity index (χ0v) is 16.6. The first-order valence-corrected chi connectivity index (χ1v) is 10.1. The highest BCUT2D eigenvalue weighted by atomic mass is 32.2. The third kappa shape index (κ3) is 6.17. The zero-order valence-electron chi connectivity index (χ0n) is 15.7. The van der Waals surface area contributed by atoms with Crippen LogP contribution in [0.5, 0.6) is 5.75 Å². The summed E-state index contributed by atoms with van der Waals surface area (Å²) in [5.74, 6) is -5.52. The highest BCUT2D eigenvalue weighted by Gasteiger charge is 2.41. The Labute approximate surface area is 172 Å². The van der Waals surface area contributed by atoms with Crippen molar-refractivity contribution in [2.45, 2.75) is 30.6 Å². The Morgan fingerprint density at radius 1 is 1.20 bits per heavy atom. The van der Waals surface area contributed by atoms with Crippen LogP contribution in [0.1, 0.15) is 22.9 Å². The average Bonchev–Trinajstić information content (AvgIpc) is 2.67. The number of carboxylic acid groups (broad SMARTS) is 1. The minimum absolute atomic E-state index is 0. The highest BCUT2D eigenvalue weighted by Crippen LogP contribution is 2.24. The summed E-state index contributed by atoms with van der Waals surface area (Å²) in [6.45, 7) is 0.0796. The fraction of sp³-hybridized carbons (Fsp3) is 0.316. The van der Waals surface area contributed by atoms with E-state index in [0.717, 1.165) is 6.07 Å². The van der Waals surface area contributed by atoms with E-state index in [2.05, 4.69) is 9.46 Å². The van der Waals surface area contributed by atoms with Crippen LogP contribution in [0, 0.1) is 6.92 Å². The van der Waals surface area contributed by atoms with Gasteiger partial charge in [-0.05, 0) is 48.7 Å². The Hall–Kier alpha value is -2.66. The van der Waals surface area contributed by atoms with E-state index in [0.29, 0.717) is 11.1 Å².